The summed E-state index contributed by atoms with van der Waals surface area (Å²) in [6.07, 6.45) is 0. The van der Waals surface area contributed by atoms with Crippen LogP contribution in [0, 0.1) is 0 Å². The van der Waals surface area contributed by atoms with Crippen molar-refractivity contribution in [1.82, 2.24) is 4.31 Å². The summed E-state index contributed by atoms with van der Waals surface area (Å²) in [6, 6.07) is 7.60. The summed E-state index contributed by atoms with van der Waals surface area (Å²) in [5, 5.41) is 0.694. The molecule has 0 saturated carbocycles. The molecule has 1 heterocycles. The molecule has 1 fully saturated rings. The minimum Gasteiger partial charge on any atom is -0.368 e. The van der Waals surface area contributed by atoms with E-state index in [0.717, 1.165) is 5.69 Å². The fraction of sp³-hybridized carbons (Fsp3) is 0.500. The first-order valence-corrected chi connectivity index (χ1v) is 8.60. The third-order valence-electron chi connectivity index (χ3n) is 3.16. The van der Waals surface area contributed by atoms with E-state index in [1.165, 1.54) is 4.31 Å². The number of alkyl halides is 1. The Morgan fingerprint density at radius 3 is 2.32 bits per heavy atom. The SMILES string of the molecule is O=S(=O)(CCCl)N1CCN(c2ccccc2Cl)CC1. The summed E-state index contributed by atoms with van der Waals surface area (Å²) in [5.41, 5.74) is 0.957. The summed E-state index contributed by atoms with van der Waals surface area (Å²) in [7, 11) is -3.21. The lowest BCUT2D eigenvalue weighted by Gasteiger charge is -2.35. The number of para-hydroxylation sites is 1. The quantitative estimate of drug-likeness (QED) is 0.796. The van der Waals surface area contributed by atoms with E-state index >= 15 is 0 Å². The average molecular weight is 323 g/mol. The molecular formula is C12H16Cl2N2O2S. The monoisotopic (exact) mass is 322 g/mol. The van der Waals surface area contributed by atoms with Gasteiger partial charge in [-0.25, -0.2) is 8.42 Å². The van der Waals surface area contributed by atoms with Crippen molar-refractivity contribution in [3.8, 4) is 0 Å². The number of halogens is 2. The molecule has 0 aliphatic carbocycles. The molecule has 0 N–H and O–H groups in total. The third kappa shape index (κ3) is 3.54. The molecule has 1 aliphatic heterocycles. The molecule has 7 heteroatoms. The van der Waals surface area contributed by atoms with Crippen molar-refractivity contribution in [3.63, 3.8) is 0 Å². The maximum atomic E-state index is 11.9. The van der Waals surface area contributed by atoms with Gasteiger partial charge in [-0.15, -0.1) is 11.6 Å². The largest absolute Gasteiger partial charge is 0.368 e. The third-order valence-corrected chi connectivity index (χ3v) is 5.76. The van der Waals surface area contributed by atoms with Crippen molar-refractivity contribution in [3.05, 3.63) is 29.3 Å². The molecule has 0 atom stereocenters. The van der Waals surface area contributed by atoms with E-state index in [4.69, 9.17) is 23.2 Å². The van der Waals surface area contributed by atoms with E-state index in [1.807, 2.05) is 24.3 Å². The number of nitrogens with zero attached hydrogens (tertiary/aromatic N) is 2. The topological polar surface area (TPSA) is 40.6 Å². The molecule has 1 aromatic rings. The molecule has 1 aromatic carbocycles. The van der Waals surface area contributed by atoms with Crippen LogP contribution in [-0.2, 0) is 10.0 Å². The lowest BCUT2D eigenvalue weighted by Crippen LogP contribution is -2.49. The molecular weight excluding hydrogens is 307 g/mol. The minimum atomic E-state index is -3.21. The van der Waals surface area contributed by atoms with Crippen LogP contribution in [0.4, 0.5) is 5.69 Å². The van der Waals surface area contributed by atoms with Gasteiger partial charge in [0.1, 0.15) is 0 Å². The molecule has 106 valence electrons. The first-order chi connectivity index (χ1) is 9.04. The Hall–Kier alpha value is -0.490. The second-order valence-corrected chi connectivity index (χ2v) is 7.22. The fourth-order valence-corrected chi connectivity index (χ4v) is 4.16. The number of hydrogen-bond acceptors (Lipinski definition) is 3. The minimum absolute atomic E-state index is 0.000644. The highest BCUT2D eigenvalue weighted by molar-refractivity contribution is 7.89. The zero-order valence-electron chi connectivity index (χ0n) is 10.4. The van der Waals surface area contributed by atoms with Crippen LogP contribution in [0.25, 0.3) is 0 Å². The highest BCUT2D eigenvalue weighted by Gasteiger charge is 2.26. The van der Waals surface area contributed by atoms with Gasteiger partial charge in [0.25, 0.3) is 0 Å². The fourth-order valence-electron chi connectivity index (χ4n) is 2.14. The maximum Gasteiger partial charge on any atom is 0.215 e. The molecule has 2 rings (SSSR count). The molecule has 0 bridgehead atoms. The Labute approximate surface area is 124 Å². The smallest absolute Gasteiger partial charge is 0.215 e. The second-order valence-electron chi connectivity index (χ2n) is 4.34. The van der Waals surface area contributed by atoms with E-state index in [1.54, 1.807) is 0 Å². The van der Waals surface area contributed by atoms with E-state index < -0.39 is 10.0 Å². The highest BCUT2D eigenvalue weighted by atomic mass is 35.5. The van der Waals surface area contributed by atoms with Crippen molar-refractivity contribution < 1.29 is 8.42 Å². The van der Waals surface area contributed by atoms with E-state index in [2.05, 4.69) is 4.90 Å². The van der Waals surface area contributed by atoms with Gasteiger partial charge in [0.2, 0.25) is 10.0 Å². The second kappa shape index (κ2) is 6.31. The van der Waals surface area contributed by atoms with Crippen molar-refractivity contribution >= 4 is 38.9 Å². The number of anilines is 1. The molecule has 0 spiro atoms. The number of benzene rings is 1. The van der Waals surface area contributed by atoms with Crippen LogP contribution in [0.15, 0.2) is 24.3 Å². The first-order valence-electron chi connectivity index (χ1n) is 6.08. The predicted molar refractivity (Wildman–Crippen MR) is 79.7 cm³/mol. The summed E-state index contributed by atoms with van der Waals surface area (Å²) in [5.74, 6) is 0.133. The molecule has 0 amide bonds. The van der Waals surface area contributed by atoms with Crippen LogP contribution in [-0.4, -0.2) is 50.5 Å². The van der Waals surface area contributed by atoms with Crippen molar-refractivity contribution in [1.29, 1.82) is 0 Å². The van der Waals surface area contributed by atoms with Crippen LogP contribution in [0.1, 0.15) is 0 Å². The Kier molecular flexibility index (Phi) is 4.95. The molecule has 0 aromatic heterocycles. The van der Waals surface area contributed by atoms with E-state index in [-0.39, 0.29) is 11.6 Å². The van der Waals surface area contributed by atoms with Gasteiger partial charge >= 0.3 is 0 Å². The van der Waals surface area contributed by atoms with Crippen LogP contribution in [0.5, 0.6) is 0 Å². The van der Waals surface area contributed by atoms with Gasteiger partial charge in [-0.2, -0.15) is 4.31 Å². The summed E-state index contributed by atoms with van der Waals surface area (Å²) in [6.45, 7) is 2.24. The van der Waals surface area contributed by atoms with Gasteiger partial charge in [0, 0.05) is 32.1 Å². The lowest BCUT2D eigenvalue weighted by molar-refractivity contribution is 0.386. The molecule has 4 nitrogen and oxygen atoms in total. The van der Waals surface area contributed by atoms with E-state index in [9.17, 15) is 8.42 Å². The van der Waals surface area contributed by atoms with Gasteiger partial charge in [-0.1, -0.05) is 23.7 Å². The maximum absolute atomic E-state index is 11.9. The zero-order chi connectivity index (χ0) is 13.9. The van der Waals surface area contributed by atoms with Gasteiger partial charge in [-0.05, 0) is 12.1 Å². The van der Waals surface area contributed by atoms with Gasteiger partial charge in [0.15, 0.2) is 0 Å². The van der Waals surface area contributed by atoms with Gasteiger partial charge in [-0.3, -0.25) is 0 Å². The number of hydrogen-bond donors (Lipinski definition) is 0. The Morgan fingerprint density at radius 2 is 1.74 bits per heavy atom. The number of piperazine rings is 1. The molecule has 1 aliphatic rings. The molecule has 1 saturated heterocycles. The molecule has 19 heavy (non-hydrogen) atoms. The van der Waals surface area contributed by atoms with Crippen LogP contribution in [0.2, 0.25) is 5.02 Å². The standard InChI is InChI=1S/C12H16Cl2N2O2S/c13-5-10-19(17,18)16-8-6-15(7-9-16)12-4-2-1-3-11(12)14/h1-4H,5-10H2. The van der Waals surface area contributed by atoms with E-state index in [0.29, 0.717) is 31.2 Å². The van der Waals surface area contributed by atoms with Crippen molar-refractivity contribution in [2.45, 2.75) is 0 Å². The average Bonchev–Trinajstić information content (AvgIpc) is 2.39. The number of rotatable bonds is 4. The highest BCUT2D eigenvalue weighted by Crippen LogP contribution is 2.26. The Bertz CT molecular complexity index is 528. The normalized spacial score (nSPS) is 17.7. The van der Waals surface area contributed by atoms with Crippen molar-refractivity contribution in [2.24, 2.45) is 0 Å². The van der Waals surface area contributed by atoms with Crippen LogP contribution >= 0.6 is 23.2 Å². The summed E-state index contributed by atoms with van der Waals surface area (Å²) >= 11 is 11.7. The molecule has 0 unspecified atom stereocenters. The lowest BCUT2D eigenvalue weighted by atomic mass is 10.2. The first kappa shape index (κ1) is 14.9. The Balaban J connectivity index is 2.02. The summed E-state index contributed by atoms with van der Waals surface area (Å²) in [4.78, 5) is 2.11. The summed E-state index contributed by atoms with van der Waals surface area (Å²) < 4.78 is 25.3. The Morgan fingerprint density at radius 1 is 1.11 bits per heavy atom. The predicted octanol–water partition coefficient (Wildman–Crippen LogP) is 2.03. The van der Waals surface area contributed by atoms with Gasteiger partial charge < -0.3 is 4.90 Å². The van der Waals surface area contributed by atoms with Crippen LogP contribution < -0.4 is 4.90 Å². The molecule has 0 radical (unpaired) electrons. The number of sulfonamides is 1. The van der Waals surface area contributed by atoms with Crippen molar-refractivity contribution in [2.75, 3.05) is 42.7 Å². The van der Waals surface area contributed by atoms with Crippen LogP contribution in [0.3, 0.4) is 0 Å². The zero-order valence-corrected chi connectivity index (χ0v) is 12.8. The van der Waals surface area contributed by atoms with Gasteiger partial charge in [0.05, 0.1) is 16.5 Å².